The third-order valence-electron chi connectivity index (χ3n) is 9.36. The second-order valence-corrected chi connectivity index (χ2v) is 18.6. The Morgan fingerprint density at radius 2 is 0.881 bits per heavy atom. The van der Waals surface area contributed by atoms with Gasteiger partial charge in [0, 0.05) is 80.4 Å². The molecule has 0 saturated heterocycles. The van der Waals surface area contributed by atoms with Gasteiger partial charge in [-0.15, -0.1) is 6.58 Å². The smallest absolute Gasteiger partial charge is 0.331 e. The molecule has 4 N–H and O–H groups in total. The van der Waals surface area contributed by atoms with Crippen LogP contribution in [0.1, 0.15) is 162 Å². The Morgan fingerprint density at radius 1 is 0.522 bits per heavy atom. The molecule has 0 amide bonds. The first kappa shape index (κ1) is 79.0. The Kier molecular flexibility index (Phi) is 49.2. The van der Waals surface area contributed by atoms with E-state index in [0.717, 1.165) is 68.7 Å². The van der Waals surface area contributed by atoms with Crippen LogP contribution in [0.4, 0.5) is 0 Å². The van der Waals surface area contributed by atoms with Gasteiger partial charge >= 0.3 is 23.9 Å². The Hall–Kier alpha value is -2.10. The van der Waals surface area contributed by atoms with Crippen molar-refractivity contribution in [3.05, 3.63) is 99.2 Å². The summed E-state index contributed by atoms with van der Waals surface area (Å²) in [6, 6.07) is 0. The van der Waals surface area contributed by atoms with Crippen molar-refractivity contribution in [3.8, 4) is 0 Å². The minimum absolute atomic E-state index is 0. The molecule has 0 aromatic heterocycles. The fourth-order valence-electron chi connectivity index (χ4n) is 5.32. The first-order valence-electron chi connectivity index (χ1n) is 21.9. The SMILES string of the molecule is C/C(=C\CO)CCCC(C)(C)O.C=CC(=O)OC(C)(C)CCCC(C)(C=C)OC(=O)C=C.C=CC(=O)OCC=C(C)CCCC(C)(C)OC(=O)C=C.C=CC(C)(O)CCCC(C)(C)O.P.[3HH].[Pa].[Ta]. The predicted molar refractivity (Wildman–Crippen MR) is 273 cm³/mol. The molecule has 3 unspecified atom stereocenters. The molecule has 67 heavy (non-hydrogen) atoms. The van der Waals surface area contributed by atoms with Crippen LogP contribution in [-0.4, -0.2) is 91.1 Å². The van der Waals surface area contributed by atoms with E-state index in [1.165, 1.54) is 17.7 Å². The molecule has 0 aliphatic carbocycles. The van der Waals surface area contributed by atoms with E-state index in [-0.39, 0.29) is 79.2 Å². The van der Waals surface area contributed by atoms with Gasteiger partial charge in [0.1, 0.15) is 23.4 Å². The van der Waals surface area contributed by atoms with Gasteiger partial charge in [0.25, 0.3) is 0 Å². The molecule has 0 aromatic carbocycles. The number of carbonyl (C=O) groups excluding carboxylic acids is 4. The summed E-state index contributed by atoms with van der Waals surface area (Å²) in [6.07, 6.45) is 20.7. The zero-order valence-corrected chi connectivity index (χ0v) is 53.0. The number of ether oxygens (including phenoxy) is 4. The number of esters is 4. The van der Waals surface area contributed by atoms with Crippen LogP contribution < -0.4 is 0 Å². The van der Waals surface area contributed by atoms with E-state index in [0.29, 0.717) is 32.1 Å². The van der Waals surface area contributed by atoms with E-state index in [4.69, 9.17) is 24.1 Å². The van der Waals surface area contributed by atoms with E-state index < -0.39 is 57.5 Å². The summed E-state index contributed by atoms with van der Waals surface area (Å²) < 4.78 is 20.6. The summed E-state index contributed by atoms with van der Waals surface area (Å²) in [5, 5.41) is 36.9. The number of carbonyl (C=O) groups is 4. The number of aliphatic hydroxyl groups is 4. The van der Waals surface area contributed by atoms with Gasteiger partial charge in [0.2, 0.25) is 0 Å². The van der Waals surface area contributed by atoms with Gasteiger partial charge in [-0.25, -0.2) is 19.2 Å². The minimum atomic E-state index is -0.786. The molecule has 386 valence electrons. The van der Waals surface area contributed by atoms with Crippen molar-refractivity contribution in [3.63, 3.8) is 0 Å². The largest absolute Gasteiger partial charge is 0.458 e. The fourth-order valence-corrected chi connectivity index (χ4v) is 5.32. The van der Waals surface area contributed by atoms with Gasteiger partial charge in [-0.2, -0.15) is 9.90 Å². The Labute approximate surface area is 451 Å². The number of allylic oxidation sites excluding steroid dienone is 2. The quantitative estimate of drug-likeness (QED) is 0.0191. The fraction of sp³-hybridized carbons (Fsp3) is 0.615. The third-order valence-corrected chi connectivity index (χ3v) is 9.36. The number of rotatable bonds is 28. The molecule has 0 aliphatic heterocycles. The molecule has 12 nitrogen and oxygen atoms in total. The molecule has 0 spiro atoms. The molecular formula is C52H93O12PPaTa. The average Bonchev–Trinajstić information content (AvgIpc) is 3.16. The molecule has 0 saturated carbocycles. The maximum absolute atomic E-state index is 11.3. The van der Waals surface area contributed by atoms with Crippen molar-refractivity contribution in [1.29, 1.82) is 0 Å². The molecule has 0 heterocycles. The van der Waals surface area contributed by atoms with Crippen LogP contribution in [0.3, 0.4) is 0 Å². The van der Waals surface area contributed by atoms with Crippen molar-refractivity contribution >= 4 is 33.8 Å². The Morgan fingerprint density at radius 3 is 1.25 bits per heavy atom. The van der Waals surface area contributed by atoms with Crippen molar-refractivity contribution in [2.75, 3.05) is 13.2 Å². The minimum Gasteiger partial charge on any atom is -0.458 e. The van der Waals surface area contributed by atoms with Crippen LogP contribution in [0.5, 0.6) is 0 Å². The number of hydrogen-bond donors (Lipinski definition) is 4. The second-order valence-electron chi connectivity index (χ2n) is 18.6. The second kappa shape index (κ2) is 41.7. The summed E-state index contributed by atoms with van der Waals surface area (Å²) in [4.78, 5) is 44.4. The van der Waals surface area contributed by atoms with E-state index in [9.17, 15) is 34.5 Å². The molecule has 3 atom stereocenters. The first-order chi connectivity index (χ1) is 29.2. The van der Waals surface area contributed by atoms with Crippen LogP contribution in [0.2, 0.25) is 0 Å². The predicted octanol–water partition coefficient (Wildman–Crippen LogP) is 10.7. The molecule has 15 heteroatoms. The van der Waals surface area contributed by atoms with Crippen LogP contribution in [0, 0.1) is 32.3 Å². The summed E-state index contributed by atoms with van der Waals surface area (Å²) in [5.41, 5.74) is -1.47. The van der Waals surface area contributed by atoms with Crippen LogP contribution in [0.25, 0.3) is 0 Å². The van der Waals surface area contributed by atoms with Gasteiger partial charge in [-0.1, -0.05) is 56.2 Å². The Balaban J connectivity index is -0.000000118. The van der Waals surface area contributed by atoms with Gasteiger partial charge in [0.15, 0.2) is 0 Å². The van der Waals surface area contributed by atoms with E-state index >= 15 is 0 Å². The van der Waals surface area contributed by atoms with Gasteiger partial charge < -0.3 is 39.4 Å². The summed E-state index contributed by atoms with van der Waals surface area (Å²) in [5.74, 6) is -1.76. The zero-order valence-electron chi connectivity index (χ0n) is 43.5. The van der Waals surface area contributed by atoms with Crippen molar-refractivity contribution in [2.24, 2.45) is 0 Å². The molecular weight excluding hydrogens is 1260 g/mol. The standard InChI is InChI=1S/2C16H24O4.2C10H20O2.H3P.Pa.Ta.H2/c1-7-13(17)19-15(4,5)11-10-12-16(6,9-3)20-14(18)8-2;1-6-14(17)19-12-10-13(3)9-8-11-16(4,5)20-15(18)7-2;1-9(6-8-11)5-4-7-10(2,3)12;1-5-10(4,12)8-6-7-9(2,3)11;;;;/h7-9H,1-3,10-12H2,4-6H3;6-7,10H,1-2,8-9,11-12H2,3-5H3;6,11-12H,4-5,7-8H2,1-3H3;5,11-12H,1,6-8H2,2-4H3;1H3;;;1H/b;;9-6+;;;;;/i;;;;;;;1+2. The molecule has 0 fully saturated rings. The van der Waals surface area contributed by atoms with Crippen molar-refractivity contribution < 1.29 is 115 Å². The van der Waals surface area contributed by atoms with Gasteiger partial charge in [-0.3, -0.25) is 0 Å². The molecule has 0 aliphatic rings. The maximum atomic E-state index is 11.3. The first-order valence-corrected chi connectivity index (χ1v) is 21.9. The average molecular weight is 1360 g/mol. The summed E-state index contributed by atoms with van der Waals surface area (Å²) >= 11 is 0. The molecule has 2 radical (unpaired) electrons. The zero-order chi connectivity index (χ0) is 50.8. The van der Waals surface area contributed by atoms with Gasteiger partial charge in [0.05, 0.1) is 23.4 Å². The van der Waals surface area contributed by atoms with Crippen molar-refractivity contribution in [2.45, 2.75) is 194 Å². The van der Waals surface area contributed by atoms with Gasteiger partial charge in [-0.05, 0) is 172 Å². The Bertz CT molecular complexity index is 1530. The normalized spacial score (nSPS) is 13.1. The monoisotopic (exact) mass is 1350 g/mol. The topological polar surface area (TPSA) is 186 Å². The van der Waals surface area contributed by atoms with E-state index in [2.05, 4.69) is 39.5 Å². The van der Waals surface area contributed by atoms with Crippen LogP contribution >= 0.6 is 9.90 Å². The molecule has 0 aromatic rings. The number of hydrogen-bond acceptors (Lipinski definition) is 12. The summed E-state index contributed by atoms with van der Waals surface area (Å²) in [7, 11) is 0. The van der Waals surface area contributed by atoms with Crippen LogP contribution in [0.15, 0.2) is 99.2 Å². The maximum Gasteiger partial charge on any atom is 0.331 e. The van der Waals surface area contributed by atoms with Crippen molar-refractivity contribution in [1.82, 2.24) is 0 Å². The molecule has 0 bridgehead atoms. The number of aliphatic hydroxyl groups excluding tert-OH is 1. The van der Waals surface area contributed by atoms with E-state index in [1.54, 1.807) is 33.8 Å². The summed E-state index contributed by atoms with van der Waals surface area (Å²) in [6.45, 7) is 43.1. The molecule has 0 rings (SSSR count). The third kappa shape index (κ3) is 56.4. The van der Waals surface area contributed by atoms with E-state index in [1.807, 2.05) is 67.5 Å². The van der Waals surface area contributed by atoms with Crippen LogP contribution in [-0.2, 0) is 60.5 Å².